The van der Waals surface area contributed by atoms with E-state index in [2.05, 4.69) is 36.1 Å². The normalized spacial score (nSPS) is 30.7. The number of hydrogen-bond donors (Lipinski definition) is 1. The van der Waals surface area contributed by atoms with Gasteiger partial charge < -0.3 is 5.73 Å². The SMILES string of the molecule is CCC1CCCN(C2(CN)CCCc3ccccc32)CC1. The summed E-state index contributed by atoms with van der Waals surface area (Å²) in [4.78, 5) is 2.74. The molecular weight excluding hydrogens is 256 g/mol. The van der Waals surface area contributed by atoms with Crippen LogP contribution >= 0.6 is 0 Å². The van der Waals surface area contributed by atoms with Gasteiger partial charge in [-0.25, -0.2) is 0 Å². The molecule has 1 saturated heterocycles. The lowest BCUT2D eigenvalue weighted by Crippen LogP contribution is -2.53. The minimum absolute atomic E-state index is 0.109. The lowest BCUT2D eigenvalue weighted by molar-refractivity contribution is 0.0764. The van der Waals surface area contributed by atoms with Crippen molar-refractivity contribution in [1.29, 1.82) is 0 Å². The molecule has 0 saturated carbocycles. The van der Waals surface area contributed by atoms with E-state index in [1.165, 1.54) is 69.2 Å². The number of benzene rings is 1. The predicted octanol–water partition coefficient (Wildman–Crippen LogP) is 3.69. The van der Waals surface area contributed by atoms with E-state index >= 15 is 0 Å². The van der Waals surface area contributed by atoms with E-state index in [-0.39, 0.29) is 5.54 Å². The van der Waals surface area contributed by atoms with Gasteiger partial charge in [0.2, 0.25) is 0 Å². The summed E-state index contributed by atoms with van der Waals surface area (Å²) in [5.41, 5.74) is 9.52. The quantitative estimate of drug-likeness (QED) is 0.918. The Morgan fingerprint density at radius 3 is 2.86 bits per heavy atom. The summed E-state index contributed by atoms with van der Waals surface area (Å²) in [5.74, 6) is 0.920. The molecule has 1 aliphatic carbocycles. The summed E-state index contributed by atoms with van der Waals surface area (Å²) in [6.45, 7) is 5.56. The second-order valence-electron chi connectivity index (χ2n) is 6.94. The van der Waals surface area contributed by atoms with Crippen LogP contribution in [0.5, 0.6) is 0 Å². The first-order valence-electron chi connectivity index (χ1n) is 8.83. The first kappa shape index (κ1) is 15.1. The van der Waals surface area contributed by atoms with Gasteiger partial charge in [-0.2, -0.15) is 0 Å². The molecule has 2 unspecified atom stereocenters. The molecule has 116 valence electrons. The van der Waals surface area contributed by atoms with Crippen molar-refractivity contribution in [2.45, 2.75) is 57.4 Å². The van der Waals surface area contributed by atoms with Crippen molar-refractivity contribution in [3.63, 3.8) is 0 Å². The van der Waals surface area contributed by atoms with Crippen LogP contribution in [-0.2, 0) is 12.0 Å². The zero-order valence-corrected chi connectivity index (χ0v) is 13.5. The number of rotatable bonds is 3. The molecule has 21 heavy (non-hydrogen) atoms. The molecule has 0 aromatic heterocycles. The molecule has 0 amide bonds. The first-order chi connectivity index (χ1) is 10.3. The van der Waals surface area contributed by atoms with Crippen LogP contribution in [0.4, 0.5) is 0 Å². The number of hydrogen-bond acceptors (Lipinski definition) is 2. The maximum absolute atomic E-state index is 6.36. The van der Waals surface area contributed by atoms with Gasteiger partial charge in [0.1, 0.15) is 0 Å². The number of nitrogens with two attached hydrogens (primary N) is 1. The maximum Gasteiger partial charge on any atom is 0.0586 e. The van der Waals surface area contributed by atoms with Crippen molar-refractivity contribution in [3.05, 3.63) is 35.4 Å². The Morgan fingerprint density at radius 2 is 2.05 bits per heavy atom. The molecule has 3 rings (SSSR count). The molecule has 0 spiro atoms. The van der Waals surface area contributed by atoms with Crippen LogP contribution in [0.15, 0.2) is 24.3 Å². The molecule has 1 aliphatic heterocycles. The Morgan fingerprint density at radius 1 is 1.19 bits per heavy atom. The fourth-order valence-corrected chi connectivity index (χ4v) is 4.57. The van der Waals surface area contributed by atoms with Crippen molar-refractivity contribution >= 4 is 0 Å². The highest BCUT2D eigenvalue weighted by atomic mass is 15.2. The monoisotopic (exact) mass is 286 g/mol. The minimum Gasteiger partial charge on any atom is -0.328 e. The largest absolute Gasteiger partial charge is 0.328 e. The third-order valence-corrected chi connectivity index (χ3v) is 5.92. The maximum atomic E-state index is 6.36. The minimum atomic E-state index is 0.109. The third-order valence-electron chi connectivity index (χ3n) is 5.92. The molecule has 1 fully saturated rings. The lowest BCUT2D eigenvalue weighted by Gasteiger charge is -2.47. The average Bonchev–Trinajstić information content (AvgIpc) is 2.80. The number of fused-ring (bicyclic) bond motifs is 1. The van der Waals surface area contributed by atoms with Gasteiger partial charge in [0.15, 0.2) is 0 Å². The van der Waals surface area contributed by atoms with E-state index in [1.807, 2.05) is 0 Å². The Labute approximate surface area is 129 Å². The zero-order chi connectivity index (χ0) is 14.7. The van der Waals surface area contributed by atoms with E-state index in [0.29, 0.717) is 0 Å². The highest BCUT2D eigenvalue weighted by molar-refractivity contribution is 5.37. The van der Waals surface area contributed by atoms with Crippen molar-refractivity contribution in [2.24, 2.45) is 11.7 Å². The van der Waals surface area contributed by atoms with Crippen LogP contribution in [-0.4, -0.2) is 24.5 Å². The molecule has 2 nitrogen and oxygen atoms in total. The van der Waals surface area contributed by atoms with Gasteiger partial charge in [-0.3, -0.25) is 4.90 Å². The molecule has 0 radical (unpaired) electrons. The predicted molar refractivity (Wildman–Crippen MR) is 89.3 cm³/mol. The standard InChI is InChI=1S/C19H30N2/c1-2-16-7-6-13-21(14-11-16)19(15-20)12-5-9-17-8-3-4-10-18(17)19/h3-4,8,10,16H,2,5-7,9,11-15,20H2,1H3. The summed E-state index contributed by atoms with van der Waals surface area (Å²) < 4.78 is 0. The van der Waals surface area contributed by atoms with Crippen LogP contribution in [0.1, 0.15) is 56.6 Å². The Kier molecular flexibility index (Phi) is 4.66. The van der Waals surface area contributed by atoms with Gasteiger partial charge in [0.25, 0.3) is 0 Å². The Balaban J connectivity index is 1.90. The molecule has 2 heteroatoms. The molecule has 2 atom stereocenters. The number of aryl methyl sites for hydroxylation is 1. The molecule has 1 aromatic rings. The molecule has 2 N–H and O–H groups in total. The number of nitrogens with zero attached hydrogens (tertiary/aromatic N) is 1. The molecule has 1 aromatic carbocycles. The zero-order valence-electron chi connectivity index (χ0n) is 13.5. The number of likely N-dealkylation sites (tertiary alicyclic amines) is 1. The van der Waals surface area contributed by atoms with Crippen molar-refractivity contribution in [3.8, 4) is 0 Å². The second-order valence-corrected chi connectivity index (χ2v) is 6.94. The van der Waals surface area contributed by atoms with Gasteiger partial charge in [-0.15, -0.1) is 0 Å². The molecular formula is C19H30N2. The second kappa shape index (κ2) is 6.50. The molecule has 2 aliphatic rings. The van der Waals surface area contributed by atoms with Gasteiger partial charge in [-0.05, 0) is 68.7 Å². The van der Waals surface area contributed by atoms with Crippen LogP contribution in [0.2, 0.25) is 0 Å². The summed E-state index contributed by atoms with van der Waals surface area (Å²) in [6, 6.07) is 9.03. The average molecular weight is 286 g/mol. The first-order valence-corrected chi connectivity index (χ1v) is 8.83. The third kappa shape index (κ3) is 2.76. The Hall–Kier alpha value is -0.860. The van der Waals surface area contributed by atoms with Gasteiger partial charge in [-0.1, -0.05) is 37.6 Å². The fraction of sp³-hybridized carbons (Fsp3) is 0.684. The van der Waals surface area contributed by atoms with Crippen LogP contribution in [0, 0.1) is 5.92 Å². The lowest BCUT2D eigenvalue weighted by atomic mass is 9.75. The van der Waals surface area contributed by atoms with Gasteiger partial charge >= 0.3 is 0 Å². The van der Waals surface area contributed by atoms with E-state index in [1.54, 1.807) is 0 Å². The molecule has 1 heterocycles. The van der Waals surface area contributed by atoms with Gasteiger partial charge in [0.05, 0.1) is 5.54 Å². The van der Waals surface area contributed by atoms with Crippen molar-refractivity contribution in [2.75, 3.05) is 19.6 Å². The molecule has 0 bridgehead atoms. The summed E-state index contributed by atoms with van der Waals surface area (Å²) in [6.07, 6.45) is 9.15. The van der Waals surface area contributed by atoms with Crippen molar-refractivity contribution < 1.29 is 0 Å². The summed E-state index contributed by atoms with van der Waals surface area (Å²) in [5, 5.41) is 0. The van der Waals surface area contributed by atoms with Crippen molar-refractivity contribution in [1.82, 2.24) is 4.90 Å². The van der Waals surface area contributed by atoms with Crippen LogP contribution < -0.4 is 5.73 Å². The topological polar surface area (TPSA) is 29.3 Å². The van der Waals surface area contributed by atoms with E-state index in [9.17, 15) is 0 Å². The summed E-state index contributed by atoms with van der Waals surface area (Å²) >= 11 is 0. The van der Waals surface area contributed by atoms with E-state index < -0.39 is 0 Å². The highest BCUT2D eigenvalue weighted by Gasteiger charge is 2.40. The van der Waals surface area contributed by atoms with E-state index in [0.717, 1.165) is 12.5 Å². The highest BCUT2D eigenvalue weighted by Crippen LogP contribution is 2.41. The Bertz CT molecular complexity index is 470. The van der Waals surface area contributed by atoms with Crippen LogP contribution in [0.25, 0.3) is 0 Å². The van der Waals surface area contributed by atoms with Crippen LogP contribution in [0.3, 0.4) is 0 Å². The van der Waals surface area contributed by atoms with E-state index in [4.69, 9.17) is 5.73 Å². The van der Waals surface area contributed by atoms with Gasteiger partial charge in [0, 0.05) is 6.54 Å². The fourth-order valence-electron chi connectivity index (χ4n) is 4.57. The smallest absolute Gasteiger partial charge is 0.0586 e. The summed E-state index contributed by atoms with van der Waals surface area (Å²) in [7, 11) is 0.